The fraction of sp³-hybridized carbons (Fsp3) is 0.474. The van der Waals surface area contributed by atoms with Crippen LogP contribution in [0.5, 0.6) is 5.75 Å². The molecule has 2 N–H and O–H groups in total. The van der Waals surface area contributed by atoms with Gasteiger partial charge >= 0.3 is 0 Å². The number of hydrogen-bond acceptors (Lipinski definition) is 5. The van der Waals surface area contributed by atoms with Gasteiger partial charge in [-0.3, -0.25) is 30.0 Å². The van der Waals surface area contributed by atoms with E-state index in [-0.39, 0.29) is 12.0 Å². The first-order chi connectivity index (χ1) is 12.1. The number of hydrazine groups is 1. The predicted molar refractivity (Wildman–Crippen MR) is 92.2 cm³/mol. The Morgan fingerprint density at radius 2 is 1.65 bits per heavy atom. The molecule has 0 aromatic heterocycles. The highest BCUT2D eigenvalue weighted by Gasteiger charge is 2.77. The van der Waals surface area contributed by atoms with E-state index in [0.29, 0.717) is 12.2 Å². The van der Waals surface area contributed by atoms with Gasteiger partial charge in [-0.1, -0.05) is 32.9 Å². The molecule has 2 amide bonds. The van der Waals surface area contributed by atoms with Crippen LogP contribution >= 0.6 is 0 Å². The van der Waals surface area contributed by atoms with E-state index in [0.717, 1.165) is 0 Å². The van der Waals surface area contributed by atoms with Gasteiger partial charge in [-0.25, -0.2) is 0 Å². The van der Waals surface area contributed by atoms with Crippen molar-refractivity contribution >= 4 is 23.4 Å². The summed E-state index contributed by atoms with van der Waals surface area (Å²) in [7, 11) is 1.44. The van der Waals surface area contributed by atoms with Crippen LogP contribution in [0.4, 0.5) is 0 Å². The molecule has 2 aliphatic rings. The minimum Gasteiger partial charge on any atom is -0.496 e. The van der Waals surface area contributed by atoms with Gasteiger partial charge in [0.25, 0.3) is 11.8 Å². The number of hydrogen-bond donors (Lipinski definition) is 2. The van der Waals surface area contributed by atoms with E-state index >= 15 is 0 Å². The van der Waals surface area contributed by atoms with E-state index in [9.17, 15) is 19.2 Å². The lowest BCUT2D eigenvalue weighted by molar-refractivity contribution is -0.149. The van der Waals surface area contributed by atoms with Crippen LogP contribution in [0.1, 0.15) is 44.0 Å². The maximum absolute atomic E-state index is 12.9. The highest BCUT2D eigenvalue weighted by atomic mass is 16.5. The number of carbonyl (C=O) groups is 4. The van der Waals surface area contributed by atoms with Gasteiger partial charge < -0.3 is 4.74 Å². The third kappa shape index (κ3) is 2.00. The number of rotatable bonds is 3. The minimum absolute atomic E-state index is 0.247. The van der Waals surface area contributed by atoms with Crippen LogP contribution in [0, 0.1) is 16.2 Å². The van der Waals surface area contributed by atoms with Crippen molar-refractivity contribution in [2.75, 3.05) is 7.11 Å². The first kappa shape index (κ1) is 18.1. The van der Waals surface area contributed by atoms with E-state index < -0.39 is 39.6 Å². The first-order valence-corrected chi connectivity index (χ1v) is 8.46. The summed E-state index contributed by atoms with van der Waals surface area (Å²) in [6, 6.07) is 6.57. The quantitative estimate of drug-likeness (QED) is 0.483. The molecular weight excluding hydrogens is 336 g/mol. The molecule has 3 rings (SSSR count). The molecule has 7 heteroatoms. The summed E-state index contributed by atoms with van der Waals surface area (Å²) in [5, 5.41) is 0. The molecule has 2 bridgehead atoms. The molecule has 138 valence electrons. The Hall–Kier alpha value is -2.70. The summed E-state index contributed by atoms with van der Waals surface area (Å²) in [5.41, 5.74) is 1.80. The van der Waals surface area contributed by atoms with E-state index in [1.165, 1.54) is 7.11 Å². The maximum atomic E-state index is 12.9. The zero-order valence-corrected chi connectivity index (χ0v) is 15.3. The summed E-state index contributed by atoms with van der Waals surface area (Å²) in [6.07, 6.45) is 0.760. The highest BCUT2D eigenvalue weighted by Crippen LogP contribution is 2.68. The zero-order chi connectivity index (χ0) is 19.3. The van der Waals surface area contributed by atoms with Gasteiger partial charge in [0, 0.05) is 5.41 Å². The molecule has 0 aliphatic heterocycles. The van der Waals surface area contributed by atoms with Crippen LogP contribution in [0.15, 0.2) is 24.3 Å². The van der Waals surface area contributed by atoms with E-state index in [2.05, 4.69) is 10.9 Å². The summed E-state index contributed by atoms with van der Waals surface area (Å²) in [4.78, 5) is 50.3. The third-order valence-electron chi connectivity index (χ3n) is 6.57. The van der Waals surface area contributed by atoms with Gasteiger partial charge in [-0.15, -0.1) is 0 Å². The summed E-state index contributed by atoms with van der Waals surface area (Å²) in [5.74, 6) is -2.02. The van der Waals surface area contributed by atoms with Crippen LogP contribution in [-0.4, -0.2) is 30.5 Å². The average molecular weight is 358 g/mol. The molecule has 26 heavy (non-hydrogen) atoms. The van der Waals surface area contributed by atoms with Gasteiger partial charge in [0.05, 0.1) is 12.7 Å². The molecule has 1 aromatic rings. The molecule has 2 saturated carbocycles. The number of carbonyl (C=O) groups excluding carboxylic acids is 4. The Bertz CT molecular complexity index is 831. The number of ketones is 2. The SMILES string of the molecule is COc1ccccc1C(=O)NNC(=O)C12CCC(C)(C(=O)C1=O)C2(C)C. The lowest BCUT2D eigenvalue weighted by Gasteiger charge is -2.36. The molecule has 2 fully saturated rings. The summed E-state index contributed by atoms with van der Waals surface area (Å²) in [6.45, 7) is 5.28. The second kappa shape index (κ2) is 5.65. The number of nitrogens with one attached hydrogen (secondary N) is 2. The number of ether oxygens (including phenoxy) is 1. The number of benzene rings is 1. The molecule has 0 saturated heterocycles. The van der Waals surface area contributed by atoms with Gasteiger partial charge in [0.2, 0.25) is 11.6 Å². The van der Waals surface area contributed by atoms with Crippen molar-refractivity contribution in [3.63, 3.8) is 0 Å². The topological polar surface area (TPSA) is 102 Å². The Morgan fingerprint density at radius 1 is 1.00 bits per heavy atom. The molecule has 0 spiro atoms. The number of para-hydroxylation sites is 1. The lowest BCUT2D eigenvalue weighted by atomic mass is 9.64. The summed E-state index contributed by atoms with van der Waals surface area (Å²) >= 11 is 0. The highest BCUT2D eigenvalue weighted by molar-refractivity contribution is 6.48. The van der Waals surface area contributed by atoms with Crippen molar-refractivity contribution in [2.24, 2.45) is 16.2 Å². The smallest absolute Gasteiger partial charge is 0.273 e. The van der Waals surface area contributed by atoms with Crippen molar-refractivity contribution in [3.05, 3.63) is 29.8 Å². The van der Waals surface area contributed by atoms with Crippen molar-refractivity contribution < 1.29 is 23.9 Å². The molecule has 7 nitrogen and oxygen atoms in total. The maximum Gasteiger partial charge on any atom is 0.273 e. The van der Waals surface area contributed by atoms with Gasteiger partial charge in [0.1, 0.15) is 11.2 Å². The van der Waals surface area contributed by atoms with Crippen molar-refractivity contribution in [1.29, 1.82) is 0 Å². The van der Waals surface area contributed by atoms with Gasteiger partial charge in [-0.05, 0) is 30.4 Å². The number of Topliss-reactive ketones (excluding diaryl/α,β-unsaturated/α-hetero) is 2. The second-order valence-corrected chi connectivity index (χ2v) is 7.63. The Kier molecular flexibility index (Phi) is 3.94. The van der Waals surface area contributed by atoms with Crippen LogP contribution in [-0.2, 0) is 14.4 Å². The summed E-state index contributed by atoms with van der Waals surface area (Å²) < 4.78 is 5.13. The molecule has 2 atom stereocenters. The van der Waals surface area contributed by atoms with Crippen LogP contribution < -0.4 is 15.6 Å². The van der Waals surface area contributed by atoms with Crippen LogP contribution in [0.3, 0.4) is 0 Å². The fourth-order valence-corrected chi connectivity index (χ4v) is 4.39. The van der Waals surface area contributed by atoms with Crippen molar-refractivity contribution in [3.8, 4) is 5.75 Å². The standard InChI is InChI=1S/C19H22N2O5/c1-17(2)18(3)9-10-19(17,14(23)13(18)22)16(25)21-20-15(24)11-7-5-6-8-12(11)26-4/h5-8H,9-10H2,1-4H3,(H,20,24)(H,21,25). The molecule has 0 heterocycles. The average Bonchev–Trinajstić information content (AvgIpc) is 2.91. The van der Waals surface area contributed by atoms with Crippen molar-refractivity contribution in [2.45, 2.75) is 33.6 Å². The lowest BCUT2D eigenvalue weighted by Crippen LogP contribution is -2.55. The number of fused-ring (bicyclic) bond motifs is 2. The van der Waals surface area contributed by atoms with E-state index in [4.69, 9.17) is 4.74 Å². The second-order valence-electron chi connectivity index (χ2n) is 7.63. The Labute approximate surface area is 151 Å². The van der Waals surface area contributed by atoms with Crippen LogP contribution in [0.25, 0.3) is 0 Å². The molecule has 1 aromatic carbocycles. The monoisotopic (exact) mass is 358 g/mol. The van der Waals surface area contributed by atoms with E-state index in [1.807, 2.05) is 0 Å². The third-order valence-corrected chi connectivity index (χ3v) is 6.57. The predicted octanol–water partition coefficient (Wildman–Crippen LogP) is 1.42. The Balaban J connectivity index is 1.82. The van der Waals surface area contributed by atoms with Crippen LogP contribution in [0.2, 0.25) is 0 Å². The first-order valence-electron chi connectivity index (χ1n) is 8.46. The normalized spacial score (nSPS) is 28.8. The van der Waals surface area contributed by atoms with Crippen molar-refractivity contribution in [1.82, 2.24) is 10.9 Å². The number of amides is 2. The van der Waals surface area contributed by atoms with Gasteiger partial charge in [-0.2, -0.15) is 0 Å². The molecule has 0 radical (unpaired) electrons. The molecular formula is C19H22N2O5. The Morgan fingerprint density at radius 3 is 2.23 bits per heavy atom. The molecule has 2 aliphatic carbocycles. The largest absolute Gasteiger partial charge is 0.496 e. The number of methoxy groups -OCH3 is 1. The van der Waals surface area contributed by atoms with E-state index in [1.54, 1.807) is 45.0 Å². The van der Waals surface area contributed by atoms with Gasteiger partial charge in [0.15, 0.2) is 0 Å². The minimum atomic E-state index is -1.45. The fourth-order valence-electron chi connectivity index (χ4n) is 4.39. The zero-order valence-electron chi connectivity index (χ0n) is 15.3. The molecule has 2 unspecified atom stereocenters.